The summed E-state index contributed by atoms with van der Waals surface area (Å²) in [5.41, 5.74) is 0.661. The number of nitrogens with one attached hydrogen (secondary N) is 2. The lowest BCUT2D eigenvalue weighted by Gasteiger charge is -2.34. The molecule has 1 aromatic carbocycles. The third-order valence-corrected chi connectivity index (χ3v) is 4.59. The highest BCUT2D eigenvalue weighted by Crippen LogP contribution is 2.22. The van der Waals surface area contributed by atoms with E-state index in [1.807, 2.05) is 18.2 Å². The summed E-state index contributed by atoms with van der Waals surface area (Å²) in [6.45, 7) is 3.82. The Hall–Kier alpha value is -1.14. The topological polar surface area (TPSA) is 59.6 Å². The van der Waals surface area contributed by atoms with Gasteiger partial charge in [-0.25, -0.2) is 0 Å². The molecule has 0 unspecified atom stereocenters. The van der Waals surface area contributed by atoms with Gasteiger partial charge in [-0.15, -0.1) is 12.4 Å². The molecule has 0 radical (unpaired) electrons. The smallest absolute Gasteiger partial charge is 0.252 e. The molecule has 25 heavy (non-hydrogen) atoms. The minimum Gasteiger partial charge on any atom is -0.381 e. The van der Waals surface area contributed by atoms with Gasteiger partial charge in [0, 0.05) is 20.3 Å². The fraction of sp³-hybridized carbons (Fsp3) is 0.632. The van der Waals surface area contributed by atoms with Gasteiger partial charge in [0.25, 0.3) is 5.91 Å². The Balaban J connectivity index is 0.00000312. The normalized spacial score (nSPS) is 16.0. The molecule has 1 aliphatic rings. The second-order valence-electron chi connectivity index (χ2n) is 6.26. The Morgan fingerprint density at radius 1 is 1.16 bits per heavy atom. The Kier molecular flexibility index (Phi) is 10.7. The van der Waals surface area contributed by atoms with Crippen molar-refractivity contribution in [3.05, 3.63) is 35.9 Å². The molecule has 2 rings (SSSR count). The summed E-state index contributed by atoms with van der Waals surface area (Å²) < 4.78 is 11.2. The zero-order valence-electron chi connectivity index (χ0n) is 15.1. The summed E-state index contributed by atoms with van der Waals surface area (Å²) in [5.74, 6) is 0.0245. The van der Waals surface area contributed by atoms with E-state index in [-0.39, 0.29) is 18.3 Å². The van der Waals surface area contributed by atoms with E-state index in [0.29, 0.717) is 6.54 Å². The molecule has 2 N–H and O–H groups in total. The van der Waals surface area contributed by atoms with E-state index < -0.39 is 5.60 Å². The zero-order valence-corrected chi connectivity index (χ0v) is 15.9. The van der Waals surface area contributed by atoms with Crippen molar-refractivity contribution in [2.45, 2.75) is 37.7 Å². The highest BCUT2D eigenvalue weighted by Gasteiger charge is 2.39. The fourth-order valence-corrected chi connectivity index (χ4v) is 2.98. The molecule has 1 heterocycles. The quantitative estimate of drug-likeness (QED) is 0.620. The molecular formula is C19H31ClN2O3. The fourth-order valence-electron chi connectivity index (χ4n) is 2.98. The van der Waals surface area contributed by atoms with Crippen LogP contribution in [0.2, 0.25) is 0 Å². The van der Waals surface area contributed by atoms with Crippen LogP contribution >= 0.6 is 12.4 Å². The van der Waals surface area contributed by atoms with Gasteiger partial charge in [-0.1, -0.05) is 30.3 Å². The Bertz CT molecular complexity index is 479. The van der Waals surface area contributed by atoms with Crippen LogP contribution in [-0.2, 0) is 20.7 Å². The standard InChI is InChI=1S/C19H30N2O3.ClH/c1-23-19(10-13-20-14-11-19)18(22)21-12-5-6-15-24-16-9-17-7-3-2-4-8-17;/h2-4,7-8,20H,5-6,9-16H2,1H3,(H,21,22);1H. The molecule has 0 atom stereocenters. The van der Waals surface area contributed by atoms with Crippen molar-refractivity contribution in [2.75, 3.05) is 40.0 Å². The summed E-state index contributed by atoms with van der Waals surface area (Å²) in [7, 11) is 1.63. The number of hydrogen-bond acceptors (Lipinski definition) is 4. The predicted octanol–water partition coefficient (Wildman–Crippen LogP) is 2.33. The monoisotopic (exact) mass is 370 g/mol. The number of rotatable bonds is 10. The first-order chi connectivity index (χ1) is 11.8. The molecule has 0 aromatic heterocycles. The molecule has 0 saturated carbocycles. The van der Waals surface area contributed by atoms with Crippen LogP contribution in [0.5, 0.6) is 0 Å². The van der Waals surface area contributed by atoms with Crippen LogP contribution in [0.1, 0.15) is 31.2 Å². The largest absolute Gasteiger partial charge is 0.381 e. The number of methoxy groups -OCH3 is 1. The second kappa shape index (κ2) is 12.3. The summed E-state index contributed by atoms with van der Waals surface area (Å²) in [4.78, 5) is 12.3. The van der Waals surface area contributed by atoms with Crippen LogP contribution in [-0.4, -0.2) is 51.5 Å². The number of benzene rings is 1. The first-order valence-electron chi connectivity index (χ1n) is 8.93. The average molecular weight is 371 g/mol. The molecule has 6 heteroatoms. The van der Waals surface area contributed by atoms with Gasteiger partial charge in [0.05, 0.1) is 6.61 Å². The van der Waals surface area contributed by atoms with Gasteiger partial charge in [-0.05, 0) is 50.8 Å². The van der Waals surface area contributed by atoms with Crippen molar-refractivity contribution in [2.24, 2.45) is 0 Å². The van der Waals surface area contributed by atoms with Crippen molar-refractivity contribution in [3.8, 4) is 0 Å². The predicted molar refractivity (Wildman–Crippen MR) is 102 cm³/mol. The molecule has 0 aliphatic carbocycles. The van der Waals surface area contributed by atoms with Gasteiger partial charge in [-0.3, -0.25) is 4.79 Å². The van der Waals surface area contributed by atoms with E-state index in [0.717, 1.165) is 58.4 Å². The Labute approximate surface area is 157 Å². The van der Waals surface area contributed by atoms with Crippen LogP contribution in [0.4, 0.5) is 0 Å². The molecule has 1 aromatic rings. The third kappa shape index (κ3) is 7.32. The first kappa shape index (κ1) is 21.9. The molecule has 1 saturated heterocycles. The van der Waals surface area contributed by atoms with Crippen LogP contribution in [0, 0.1) is 0 Å². The molecule has 1 aliphatic heterocycles. The minimum atomic E-state index is -0.641. The van der Waals surface area contributed by atoms with Gasteiger partial charge in [0.2, 0.25) is 0 Å². The maximum absolute atomic E-state index is 12.3. The molecule has 5 nitrogen and oxygen atoms in total. The second-order valence-corrected chi connectivity index (χ2v) is 6.26. The summed E-state index contributed by atoms with van der Waals surface area (Å²) in [6, 6.07) is 10.4. The lowest BCUT2D eigenvalue weighted by molar-refractivity contribution is -0.146. The van der Waals surface area contributed by atoms with Crippen LogP contribution in [0.15, 0.2) is 30.3 Å². The maximum atomic E-state index is 12.3. The van der Waals surface area contributed by atoms with Crippen molar-refractivity contribution >= 4 is 18.3 Å². The number of piperidine rings is 1. The number of halogens is 1. The molecule has 0 bridgehead atoms. The maximum Gasteiger partial charge on any atom is 0.252 e. The lowest BCUT2D eigenvalue weighted by atomic mass is 9.91. The van der Waals surface area contributed by atoms with Crippen molar-refractivity contribution in [1.82, 2.24) is 10.6 Å². The van der Waals surface area contributed by atoms with E-state index in [1.165, 1.54) is 5.56 Å². The highest BCUT2D eigenvalue weighted by atomic mass is 35.5. The summed E-state index contributed by atoms with van der Waals surface area (Å²) >= 11 is 0. The number of ether oxygens (including phenoxy) is 2. The highest BCUT2D eigenvalue weighted by molar-refractivity contribution is 5.85. The molecule has 1 fully saturated rings. The van der Waals surface area contributed by atoms with Crippen LogP contribution in [0.25, 0.3) is 0 Å². The number of carbonyl (C=O) groups excluding carboxylic acids is 1. The summed E-state index contributed by atoms with van der Waals surface area (Å²) in [5, 5.41) is 6.27. The molecular weight excluding hydrogens is 340 g/mol. The zero-order chi connectivity index (χ0) is 17.1. The Morgan fingerprint density at radius 2 is 1.88 bits per heavy atom. The Morgan fingerprint density at radius 3 is 2.56 bits per heavy atom. The number of carbonyl (C=O) groups is 1. The molecule has 142 valence electrons. The van der Waals surface area contributed by atoms with Gasteiger partial charge < -0.3 is 20.1 Å². The molecule has 1 amide bonds. The van der Waals surface area contributed by atoms with Crippen LogP contribution in [0.3, 0.4) is 0 Å². The van der Waals surface area contributed by atoms with Gasteiger partial charge in [0.1, 0.15) is 5.60 Å². The number of amides is 1. The van der Waals surface area contributed by atoms with Gasteiger partial charge in [-0.2, -0.15) is 0 Å². The van der Waals surface area contributed by atoms with E-state index in [2.05, 4.69) is 22.8 Å². The number of hydrogen-bond donors (Lipinski definition) is 2. The van der Waals surface area contributed by atoms with E-state index in [4.69, 9.17) is 9.47 Å². The lowest BCUT2D eigenvalue weighted by Crippen LogP contribution is -2.54. The van der Waals surface area contributed by atoms with Crippen LogP contribution < -0.4 is 10.6 Å². The SMILES string of the molecule is COC1(C(=O)NCCCCOCCc2ccccc2)CCNCC1.Cl. The molecule has 0 spiro atoms. The number of unbranched alkanes of at least 4 members (excludes halogenated alkanes) is 1. The first-order valence-corrected chi connectivity index (χ1v) is 8.93. The minimum absolute atomic E-state index is 0. The van der Waals surface area contributed by atoms with E-state index in [9.17, 15) is 4.79 Å². The van der Waals surface area contributed by atoms with Gasteiger partial charge in [0.15, 0.2) is 0 Å². The van der Waals surface area contributed by atoms with Crippen molar-refractivity contribution in [1.29, 1.82) is 0 Å². The van der Waals surface area contributed by atoms with E-state index >= 15 is 0 Å². The van der Waals surface area contributed by atoms with Crippen molar-refractivity contribution in [3.63, 3.8) is 0 Å². The summed E-state index contributed by atoms with van der Waals surface area (Å²) in [6.07, 6.45) is 4.30. The van der Waals surface area contributed by atoms with E-state index in [1.54, 1.807) is 7.11 Å². The third-order valence-electron chi connectivity index (χ3n) is 4.59. The average Bonchev–Trinajstić information content (AvgIpc) is 2.65. The van der Waals surface area contributed by atoms with Crippen molar-refractivity contribution < 1.29 is 14.3 Å². The van der Waals surface area contributed by atoms with Gasteiger partial charge >= 0.3 is 0 Å².